The van der Waals surface area contributed by atoms with Crippen LogP contribution in [0.15, 0.2) is 51.8 Å². The summed E-state index contributed by atoms with van der Waals surface area (Å²) >= 11 is 3.05. The van der Waals surface area contributed by atoms with Gasteiger partial charge in [-0.1, -0.05) is 12.1 Å². The number of hydrogen-bond donors (Lipinski definition) is 0. The van der Waals surface area contributed by atoms with E-state index in [4.69, 9.17) is 0 Å². The van der Waals surface area contributed by atoms with Crippen LogP contribution in [-0.2, 0) is 15.6 Å². The molecule has 2 aromatic rings. The molecule has 0 aliphatic carbocycles. The monoisotopic (exact) mass is 373 g/mol. The van der Waals surface area contributed by atoms with E-state index in [0.717, 1.165) is 24.3 Å². The first-order valence-corrected chi connectivity index (χ1v) is 8.16. The number of nitrogens with zero attached hydrogens (tertiary/aromatic N) is 1. The second kappa shape index (κ2) is 5.90. The third-order valence-electron chi connectivity index (χ3n) is 2.77. The van der Waals surface area contributed by atoms with E-state index in [-0.39, 0.29) is 20.6 Å². The lowest BCUT2D eigenvalue weighted by Crippen LogP contribution is -2.06. The van der Waals surface area contributed by atoms with Crippen LogP contribution >= 0.6 is 15.9 Å². The van der Waals surface area contributed by atoms with Crippen molar-refractivity contribution in [3.63, 3.8) is 0 Å². The van der Waals surface area contributed by atoms with Gasteiger partial charge in [0.05, 0.1) is 20.0 Å². The highest BCUT2D eigenvalue weighted by atomic mass is 79.9. The average molecular weight is 374 g/mol. The van der Waals surface area contributed by atoms with Gasteiger partial charge in [-0.2, -0.15) is 0 Å². The first-order chi connectivity index (χ1) is 9.81. The van der Waals surface area contributed by atoms with Gasteiger partial charge in [0, 0.05) is 6.07 Å². The van der Waals surface area contributed by atoms with Crippen LogP contribution in [0.2, 0.25) is 0 Å². The lowest BCUT2D eigenvalue weighted by atomic mass is 10.2. The van der Waals surface area contributed by atoms with Crippen molar-refractivity contribution in [2.24, 2.45) is 0 Å². The molecule has 0 atom stereocenters. The SMILES string of the molecule is O=[N+]([O-])c1cccc(CS(=O)(=O)c2ccc(F)cc2)c1Br. The molecule has 0 aromatic heterocycles. The Balaban J connectivity index is 2.39. The topological polar surface area (TPSA) is 77.3 Å². The quantitative estimate of drug-likeness (QED) is 0.467. The lowest BCUT2D eigenvalue weighted by Gasteiger charge is -2.07. The van der Waals surface area contributed by atoms with Crippen LogP contribution in [0.4, 0.5) is 10.1 Å². The third kappa shape index (κ3) is 3.45. The van der Waals surface area contributed by atoms with Crippen LogP contribution in [-0.4, -0.2) is 13.3 Å². The van der Waals surface area contributed by atoms with Crippen molar-refractivity contribution in [1.82, 2.24) is 0 Å². The fraction of sp³-hybridized carbons (Fsp3) is 0.0769. The van der Waals surface area contributed by atoms with Gasteiger partial charge in [0.15, 0.2) is 9.84 Å². The largest absolute Gasteiger partial charge is 0.283 e. The number of halogens is 2. The van der Waals surface area contributed by atoms with Crippen molar-refractivity contribution in [3.05, 3.63) is 68.4 Å². The van der Waals surface area contributed by atoms with Gasteiger partial charge in [-0.25, -0.2) is 12.8 Å². The molecule has 21 heavy (non-hydrogen) atoms. The van der Waals surface area contributed by atoms with E-state index < -0.39 is 26.3 Å². The molecule has 0 heterocycles. The van der Waals surface area contributed by atoms with E-state index in [2.05, 4.69) is 15.9 Å². The normalized spacial score (nSPS) is 11.3. The summed E-state index contributed by atoms with van der Waals surface area (Å²) in [6, 6.07) is 8.60. The molecule has 0 aliphatic rings. The van der Waals surface area contributed by atoms with Crippen LogP contribution in [0.25, 0.3) is 0 Å². The summed E-state index contributed by atoms with van der Waals surface area (Å²) in [6.45, 7) is 0. The Morgan fingerprint density at radius 3 is 2.33 bits per heavy atom. The minimum atomic E-state index is -3.71. The van der Waals surface area contributed by atoms with Crippen LogP contribution in [0, 0.1) is 15.9 Å². The Labute approximate surface area is 128 Å². The Bertz CT molecular complexity index is 790. The van der Waals surface area contributed by atoms with Gasteiger partial charge in [0.1, 0.15) is 5.82 Å². The molecule has 0 aliphatic heterocycles. The van der Waals surface area contributed by atoms with Crippen LogP contribution in [0.3, 0.4) is 0 Å². The molecule has 0 amide bonds. The number of sulfone groups is 1. The fourth-order valence-electron chi connectivity index (χ4n) is 1.75. The minimum absolute atomic E-state index is 0.0395. The summed E-state index contributed by atoms with van der Waals surface area (Å²) in [5.41, 5.74) is 0.0651. The number of nitro benzene ring substituents is 1. The van der Waals surface area contributed by atoms with Gasteiger partial charge in [-0.3, -0.25) is 10.1 Å². The Morgan fingerprint density at radius 1 is 1.14 bits per heavy atom. The molecule has 0 radical (unpaired) electrons. The Hall–Kier alpha value is -1.80. The molecule has 2 rings (SSSR count). The molecular formula is C13H9BrFNO4S. The first kappa shape index (κ1) is 15.6. The van der Waals surface area contributed by atoms with Gasteiger partial charge in [-0.15, -0.1) is 0 Å². The van der Waals surface area contributed by atoms with Crippen molar-refractivity contribution in [2.45, 2.75) is 10.6 Å². The van der Waals surface area contributed by atoms with Crippen molar-refractivity contribution < 1.29 is 17.7 Å². The molecule has 8 heteroatoms. The van der Waals surface area contributed by atoms with Crippen LogP contribution in [0.5, 0.6) is 0 Å². The highest BCUT2D eigenvalue weighted by Crippen LogP contribution is 2.30. The lowest BCUT2D eigenvalue weighted by molar-refractivity contribution is -0.385. The maximum atomic E-state index is 12.8. The van der Waals surface area contributed by atoms with Crippen molar-refractivity contribution in [2.75, 3.05) is 0 Å². The maximum absolute atomic E-state index is 12.8. The molecular weight excluding hydrogens is 365 g/mol. The van der Waals surface area contributed by atoms with Crippen molar-refractivity contribution in [1.29, 1.82) is 0 Å². The zero-order valence-corrected chi connectivity index (χ0v) is 12.9. The van der Waals surface area contributed by atoms with E-state index in [1.165, 1.54) is 18.2 Å². The first-order valence-electron chi connectivity index (χ1n) is 5.71. The Kier molecular flexibility index (Phi) is 4.38. The number of nitro groups is 1. The highest BCUT2D eigenvalue weighted by molar-refractivity contribution is 9.10. The summed E-state index contributed by atoms with van der Waals surface area (Å²) in [6.07, 6.45) is 0. The van der Waals surface area contributed by atoms with Crippen LogP contribution in [0.1, 0.15) is 5.56 Å². The Morgan fingerprint density at radius 2 is 1.76 bits per heavy atom. The minimum Gasteiger partial charge on any atom is -0.258 e. The second-order valence-electron chi connectivity index (χ2n) is 4.22. The molecule has 0 unspecified atom stereocenters. The van der Waals surface area contributed by atoms with E-state index >= 15 is 0 Å². The second-order valence-corrected chi connectivity index (χ2v) is 7.00. The molecule has 0 bridgehead atoms. The molecule has 110 valence electrons. The summed E-state index contributed by atoms with van der Waals surface area (Å²) in [7, 11) is -3.71. The zero-order chi connectivity index (χ0) is 15.6. The maximum Gasteiger partial charge on any atom is 0.283 e. The van der Waals surface area contributed by atoms with Crippen molar-refractivity contribution >= 4 is 31.5 Å². The molecule has 5 nitrogen and oxygen atoms in total. The van der Waals surface area contributed by atoms with E-state index in [1.54, 1.807) is 0 Å². The van der Waals surface area contributed by atoms with Crippen molar-refractivity contribution in [3.8, 4) is 0 Å². The molecule has 2 aromatic carbocycles. The van der Waals surface area contributed by atoms with Crippen LogP contribution < -0.4 is 0 Å². The fourth-order valence-corrected chi connectivity index (χ4v) is 3.85. The smallest absolute Gasteiger partial charge is 0.258 e. The number of hydrogen-bond acceptors (Lipinski definition) is 4. The van der Waals surface area contributed by atoms with Gasteiger partial charge < -0.3 is 0 Å². The molecule has 0 spiro atoms. The summed E-state index contributed by atoms with van der Waals surface area (Å²) in [5.74, 6) is -0.952. The zero-order valence-electron chi connectivity index (χ0n) is 10.5. The highest BCUT2D eigenvalue weighted by Gasteiger charge is 2.21. The molecule has 0 N–H and O–H groups in total. The molecule has 0 fully saturated rings. The number of benzene rings is 2. The van der Waals surface area contributed by atoms with E-state index in [9.17, 15) is 22.9 Å². The summed E-state index contributed by atoms with van der Waals surface area (Å²) in [4.78, 5) is 10.2. The predicted octanol–water partition coefficient (Wildman–Crippen LogP) is 3.47. The number of rotatable bonds is 4. The van der Waals surface area contributed by atoms with E-state index in [1.807, 2.05) is 0 Å². The third-order valence-corrected chi connectivity index (χ3v) is 5.37. The summed E-state index contributed by atoms with van der Waals surface area (Å²) < 4.78 is 37.4. The van der Waals surface area contributed by atoms with Gasteiger partial charge in [0.25, 0.3) is 5.69 Å². The van der Waals surface area contributed by atoms with E-state index in [0.29, 0.717) is 0 Å². The standard InChI is InChI=1S/C13H9BrFNO4S/c14-13-9(2-1-3-12(13)16(17)18)8-21(19,20)11-6-4-10(15)5-7-11/h1-7H,8H2. The van der Waals surface area contributed by atoms with Gasteiger partial charge in [0.2, 0.25) is 0 Å². The van der Waals surface area contributed by atoms with Gasteiger partial charge >= 0.3 is 0 Å². The summed E-state index contributed by atoms with van der Waals surface area (Å²) in [5, 5.41) is 10.8. The van der Waals surface area contributed by atoms with Gasteiger partial charge in [-0.05, 0) is 45.8 Å². The average Bonchev–Trinajstić information content (AvgIpc) is 2.41. The predicted molar refractivity (Wildman–Crippen MR) is 78.1 cm³/mol. The molecule has 0 saturated carbocycles. The molecule has 0 saturated heterocycles.